The lowest BCUT2D eigenvalue weighted by molar-refractivity contribution is 0.461. The number of rotatable bonds is 7. The Morgan fingerprint density at radius 2 is 1.97 bits per heavy atom. The highest BCUT2D eigenvalue weighted by atomic mass is 127. The van der Waals surface area contributed by atoms with Crippen molar-refractivity contribution in [2.45, 2.75) is 19.4 Å². The fourth-order valence-electron chi connectivity index (χ4n) is 2.53. The Morgan fingerprint density at radius 3 is 2.59 bits per heavy atom. The van der Waals surface area contributed by atoms with E-state index in [1.54, 1.807) is 42.8 Å². The Balaban J connectivity index is 0.00000300. The van der Waals surface area contributed by atoms with Crippen LogP contribution in [0.15, 0.2) is 65.1 Å². The van der Waals surface area contributed by atoms with Crippen molar-refractivity contribution < 1.29 is 9.13 Å². The van der Waals surface area contributed by atoms with Gasteiger partial charge in [-0.05, 0) is 41.3 Å². The summed E-state index contributed by atoms with van der Waals surface area (Å²) in [4.78, 5) is 9.90. The van der Waals surface area contributed by atoms with E-state index in [9.17, 15) is 4.39 Å². The van der Waals surface area contributed by atoms with Crippen LogP contribution in [0.2, 0.25) is 0 Å². The zero-order chi connectivity index (χ0) is 19.8. The van der Waals surface area contributed by atoms with Crippen molar-refractivity contribution in [1.82, 2.24) is 15.6 Å². The Kier molecular flexibility index (Phi) is 9.33. The molecule has 0 fully saturated rings. The predicted octanol–water partition coefficient (Wildman–Crippen LogP) is 5.16. The minimum atomic E-state index is -0.298. The van der Waals surface area contributed by atoms with Gasteiger partial charge < -0.3 is 15.4 Å². The third kappa shape index (κ3) is 7.28. The van der Waals surface area contributed by atoms with Crippen molar-refractivity contribution in [3.8, 4) is 11.6 Å². The minimum Gasteiger partial charge on any atom is -0.439 e. The lowest BCUT2D eigenvalue weighted by Gasteiger charge is -2.15. The number of hydrogen-bond donors (Lipinski definition) is 2. The summed E-state index contributed by atoms with van der Waals surface area (Å²) in [5.41, 5.74) is 1.00. The first kappa shape index (κ1) is 23.1. The van der Waals surface area contributed by atoms with Gasteiger partial charge in [-0.1, -0.05) is 19.1 Å². The molecular weight excluding hydrogens is 502 g/mol. The molecule has 2 aromatic heterocycles. The molecule has 8 heteroatoms. The van der Waals surface area contributed by atoms with Crippen LogP contribution in [0.1, 0.15) is 23.3 Å². The fraction of sp³-hybridized carbons (Fsp3) is 0.238. The molecule has 2 heterocycles. The second-order valence-electron chi connectivity index (χ2n) is 6.28. The fourth-order valence-corrected chi connectivity index (χ4v) is 3.31. The average Bonchev–Trinajstić information content (AvgIpc) is 3.26. The summed E-state index contributed by atoms with van der Waals surface area (Å²) in [6.45, 7) is 3.59. The molecule has 0 saturated carbocycles. The minimum absolute atomic E-state index is 0. The highest BCUT2D eigenvalue weighted by Gasteiger charge is 2.07. The van der Waals surface area contributed by atoms with Gasteiger partial charge in [-0.15, -0.1) is 35.3 Å². The highest BCUT2D eigenvalue weighted by molar-refractivity contribution is 14.0. The summed E-state index contributed by atoms with van der Waals surface area (Å²) in [7, 11) is 1.75. The molecule has 0 aliphatic heterocycles. The summed E-state index contributed by atoms with van der Waals surface area (Å²) < 4.78 is 18.5. The molecule has 0 aliphatic rings. The number of nitrogens with zero attached hydrogens (tertiary/aromatic N) is 2. The van der Waals surface area contributed by atoms with Crippen LogP contribution in [-0.4, -0.2) is 24.5 Å². The van der Waals surface area contributed by atoms with E-state index in [-0.39, 0.29) is 29.8 Å². The summed E-state index contributed by atoms with van der Waals surface area (Å²) in [5, 5.41) is 8.72. The number of halogens is 2. The van der Waals surface area contributed by atoms with E-state index in [0.29, 0.717) is 24.1 Å². The predicted molar refractivity (Wildman–Crippen MR) is 127 cm³/mol. The second-order valence-corrected chi connectivity index (χ2v) is 7.26. The van der Waals surface area contributed by atoms with Crippen LogP contribution in [0.25, 0.3) is 0 Å². The highest BCUT2D eigenvalue weighted by Crippen LogP contribution is 2.20. The number of pyridine rings is 1. The molecule has 3 aromatic rings. The van der Waals surface area contributed by atoms with Gasteiger partial charge in [-0.25, -0.2) is 9.37 Å². The molecule has 154 valence electrons. The second kappa shape index (κ2) is 11.7. The van der Waals surface area contributed by atoms with Crippen LogP contribution in [0.5, 0.6) is 11.6 Å². The maximum Gasteiger partial charge on any atom is 0.219 e. The average molecular weight is 526 g/mol. The first-order chi connectivity index (χ1) is 13.6. The molecule has 29 heavy (non-hydrogen) atoms. The maximum absolute atomic E-state index is 12.9. The number of nitrogens with one attached hydrogen (secondary N) is 2. The number of hydrogen-bond acceptors (Lipinski definition) is 4. The number of aromatic nitrogens is 1. The van der Waals surface area contributed by atoms with Gasteiger partial charge in [-0.2, -0.15) is 0 Å². The molecule has 5 nitrogen and oxygen atoms in total. The van der Waals surface area contributed by atoms with Gasteiger partial charge in [0.2, 0.25) is 5.88 Å². The van der Waals surface area contributed by atoms with Gasteiger partial charge in [0.05, 0.1) is 0 Å². The first-order valence-electron chi connectivity index (χ1n) is 9.00. The Morgan fingerprint density at radius 1 is 1.17 bits per heavy atom. The topological polar surface area (TPSA) is 58.5 Å². The van der Waals surface area contributed by atoms with Crippen molar-refractivity contribution in [3.05, 3.63) is 76.4 Å². The van der Waals surface area contributed by atoms with Crippen molar-refractivity contribution in [1.29, 1.82) is 0 Å². The van der Waals surface area contributed by atoms with Crippen molar-refractivity contribution >= 4 is 41.3 Å². The molecule has 0 saturated heterocycles. The van der Waals surface area contributed by atoms with Crippen LogP contribution in [0.3, 0.4) is 0 Å². The van der Waals surface area contributed by atoms with Gasteiger partial charge in [0.15, 0.2) is 5.96 Å². The van der Waals surface area contributed by atoms with Crippen LogP contribution in [0.4, 0.5) is 4.39 Å². The molecule has 0 bridgehead atoms. The SMILES string of the molecule is CN=C(NCc1ccc(Oc2ccc(F)cc2)nc1)NCC(C)c1cccs1.I. The molecule has 0 aliphatic carbocycles. The van der Waals surface area contributed by atoms with Crippen LogP contribution >= 0.6 is 35.3 Å². The smallest absolute Gasteiger partial charge is 0.219 e. The van der Waals surface area contributed by atoms with Crippen LogP contribution < -0.4 is 15.4 Å². The lowest BCUT2D eigenvalue weighted by Crippen LogP contribution is -2.38. The Labute approximate surface area is 191 Å². The molecule has 0 amide bonds. The molecule has 1 unspecified atom stereocenters. The number of aliphatic imine (C=N–C) groups is 1. The number of benzene rings is 1. The van der Waals surface area contributed by atoms with Crippen molar-refractivity contribution in [3.63, 3.8) is 0 Å². The summed E-state index contributed by atoms with van der Waals surface area (Å²) in [6.07, 6.45) is 1.74. The molecule has 2 N–H and O–H groups in total. The summed E-state index contributed by atoms with van der Waals surface area (Å²) in [5.74, 6) is 1.87. The molecular formula is C21H24FIN4OS. The van der Waals surface area contributed by atoms with E-state index >= 15 is 0 Å². The third-order valence-corrected chi connectivity index (χ3v) is 5.23. The lowest BCUT2D eigenvalue weighted by atomic mass is 10.1. The molecule has 0 spiro atoms. The van der Waals surface area contributed by atoms with E-state index in [1.807, 2.05) is 6.07 Å². The van der Waals surface area contributed by atoms with E-state index in [1.165, 1.54) is 17.0 Å². The number of ether oxygens (including phenoxy) is 1. The van der Waals surface area contributed by atoms with E-state index in [2.05, 4.69) is 45.0 Å². The molecule has 1 aromatic carbocycles. The molecule has 3 rings (SSSR count). The largest absolute Gasteiger partial charge is 0.439 e. The Hall–Kier alpha value is -2.20. The molecule has 0 radical (unpaired) electrons. The van der Waals surface area contributed by atoms with Crippen molar-refractivity contribution in [2.24, 2.45) is 4.99 Å². The quantitative estimate of drug-likeness (QED) is 0.254. The third-order valence-electron chi connectivity index (χ3n) is 4.12. The number of thiophene rings is 1. The van der Waals surface area contributed by atoms with Gasteiger partial charge in [0, 0.05) is 43.2 Å². The normalized spacial score (nSPS) is 12.0. The zero-order valence-electron chi connectivity index (χ0n) is 16.3. The van der Waals surface area contributed by atoms with Crippen molar-refractivity contribution in [2.75, 3.05) is 13.6 Å². The Bertz CT molecular complexity index is 886. The van der Waals surface area contributed by atoms with E-state index < -0.39 is 0 Å². The van der Waals surface area contributed by atoms with Gasteiger partial charge in [0.25, 0.3) is 0 Å². The zero-order valence-corrected chi connectivity index (χ0v) is 19.4. The van der Waals surface area contributed by atoms with Crippen LogP contribution in [-0.2, 0) is 6.54 Å². The van der Waals surface area contributed by atoms with Gasteiger partial charge >= 0.3 is 0 Å². The van der Waals surface area contributed by atoms with E-state index in [0.717, 1.165) is 18.1 Å². The van der Waals surface area contributed by atoms with E-state index in [4.69, 9.17) is 4.74 Å². The molecule has 1 atom stereocenters. The first-order valence-corrected chi connectivity index (χ1v) is 9.88. The summed E-state index contributed by atoms with van der Waals surface area (Å²) in [6, 6.07) is 13.8. The van der Waals surface area contributed by atoms with Gasteiger partial charge in [0.1, 0.15) is 11.6 Å². The monoisotopic (exact) mass is 526 g/mol. The standard InChI is InChI=1S/C21H23FN4OS.HI/c1-15(19-4-3-11-28-19)12-25-21(23-2)26-14-16-5-10-20(24-13-16)27-18-8-6-17(22)7-9-18;/h3-11,13,15H,12,14H2,1-2H3,(H2,23,25,26);1H. The van der Waals surface area contributed by atoms with Crippen LogP contribution in [0, 0.1) is 5.82 Å². The maximum atomic E-state index is 12.9. The van der Waals surface area contributed by atoms with Gasteiger partial charge in [-0.3, -0.25) is 4.99 Å². The summed E-state index contributed by atoms with van der Waals surface area (Å²) >= 11 is 1.76. The number of guanidine groups is 1.